The molecule has 6 rings (SSSR count). The molecule has 0 radical (unpaired) electrons. The maximum atomic E-state index is 13.3. The van der Waals surface area contributed by atoms with Gasteiger partial charge in [-0.15, -0.1) is 0 Å². The second-order valence-corrected chi connectivity index (χ2v) is 10.3. The van der Waals surface area contributed by atoms with Crippen LogP contribution in [0.3, 0.4) is 0 Å². The summed E-state index contributed by atoms with van der Waals surface area (Å²) in [5, 5.41) is 15.4. The molecule has 0 aliphatic heterocycles. The first-order chi connectivity index (χ1) is 16.4. The first-order valence-electron chi connectivity index (χ1n) is 11.3. The van der Waals surface area contributed by atoms with Gasteiger partial charge >= 0.3 is 6.18 Å². The second kappa shape index (κ2) is 6.81. The van der Waals surface area contributed by atoms with Crippen LogP contribution in [-0.4, -0.2) is 41.0 Å². The second-order valence-electron chi connectivity index (χ2n) is 10.3. The van der Waals surface area contributed by atoms with Crippen molar-refractivity contribution in [1.29, 1.82) is 0 Å². The maximum Gasteiger partial charge on any atom is 0.394 e. The van der Waals surface area contributed by atoms with Crippen molar-refractivity contribution in [2.24, 2.45) is 5.92 Å². The lowest BCUT2D eigenvalue weighted by Crippen LogP contribution is -2.40. The summed E-state index contributed by atoms with van der Waals surface area (Å²) < 4.78 is 42.8. The number of aromatic nitrogens is 5. The van der Waals surface area contributed by atoms with Gasteiger partial charge in [-0.1, -0.05) is 12.1 Å². The molecule has 2 atom stereocenters. The van der Waals surface area contributed by atoms with Crippen LogP contribution in [-0.2, 0) is 5.54 Å². The largest absolute Gasteiger partial charge is 0.394 e. The van der Waals surface area contributed by atoms with E-state index in [0.717, 1.165) is 0 Å². The third-order valence-electron chi connectivity index (χ3n) is 7.56. The van der Waals surface area contributed by atoms with Crippen LogP contribution >= 0.6 is 0 Å². The summed E-state index contributed by atoms with van der Waals surface area (Å²) in [4.78, 5) is 22.2. The van der Waals surface area contributed by atoms with Crippen LogP contribution in [0, 0.1) is 5.92 Å². The van der Waals surface area contributed by atoms with Gasteiger partial charge < -0.3 is 15.4 Å². The molecule has 11 heteroatoms. The first-order valence-corrected chi connectivity index (χ1v) is 11.3. The minimum Gasteiger partial charge on any atom is -0.390 e. The number of alkyl halides is 3. The van der Waals surface area contributed by atoms with Gasteiger partial charge in [0.2, 0.25) is 0 Å². The number of nitrogen functional groups attached to an aromatic ring is 1. The molecule has 4 aromatic rings. The monoisotopic (exact) mass is 484 g/mol. The average Bonchev–Trinajstić information content (AvgIpc) is 3.33. The number of imidazole rings is 1. The Balaban J connectivity index is 1.49. The van der Waals surface area contributed by atoms with Crippen LogP contribution in [0.4, 0.5) is 19.0 Å². The van der Waals surface area contributed by atoms with E-state index in [4.69, 9.17) is 10.7 Å². The van der Waals surface area contributed by atoms with Gasteiger partial charge in [0.1, 0.15) is 23.4 Å². The van der Waals surface area contributed by atoms with Gasteiger partial charge in [-0.05, 0) is 50.6 Å². The first kappa shape index (κ1) is 22.0. The zero-order valence-corrected chi connectivity index (χ0v) is 19.0. The lowest BCUT2D eigenvalue weighted by molar-refractivity contribution is -0.154. The van der Waals surface area contributed by atoms with E-state index in [1.165, 1.54) is 24.0 Å². The molecule has 0 bridgehead atoms. The van der Waals surface area contributed by atoms with Gasteiger partial charge in [-0.2, -0.15) is 18.3 Å². The zero-order chi connectivity index (χ0) is 24.9. The maximum absolute atomic E-state index is 13.3. The Hall–Kier alpha value is -3.47. The zero-order valence-electron chi connectivity index (χ0n) is 19.0. The molecular weight excluding hydrogens is 461 g/mol. The Morgan fingerprint density at radius 3 is 2.57 bits per heavy atom. The van der Waals surface area contributed by atoms with Crippen molar-refractivity contribution in [2.75, 3.05) is 5.73 Å². The molecule has 2 aliphatic rings. The van der Waals surface area contributed by atoms with Gasteiger partial charge in [0.25, 0.3) is 5.56 Å². The van der Waals surface area contributed by atoms with E-state index in [-0.39, 0.29) is 18.2 Å². The summed E-state index contributed by atoms with van der Waals surface area (Å²) in [6, 6.07) is 6.82. The number of nitrogens with zero attached hydrogens (tertiary/aromatic N) is 5. The Morgan fingerprint density at radius 1 is 1.17 bits per heavy atom. The highest BCUT2D eigenvalue weighted by Gasteiger charge is 2.65. The number of anilines is 1. The third-order valence-corrected chi connectivity index (χ3v) is 7.56. The van der Waals surface area contributed by atoms with Crippen molar-refractivity contribution in [3.8, 4) is 11.3 Å². The normalized spacial score (nSPS) is 28.4. The van der Waals surface area contributed by atoms with Gasteiger partial charge in [-0.25, -0.2) is 14.5 Å². The van der Waals surface area contributed by atoms with Crippen LogP contribution in [0.2, 0.25) is 0 Å². The molecule has 0 spiro atoms. The highest BCUT2D eigenvalue weighted by molar-refractivity contribution is 5.91. The molecular formula is C24H23F3N6O2. The van der Waals surface area contributed by atoms with Crippen molar-refractivity contribution >= 4 is 22.1 Å². The molecule has 8 nitrogen and oxygen atoms in total. The molecule has 0 amide bonds. The van der Waals surface area contributed by atoms with E-state index >= 15 is 0 Å². The number of hydrogen-bond acceptors (Lipinski definition) is 6. The highest BCUT2D eigenvalue weighted by atomic mass is 19.4. The number of halogens is 3. The minimum atomic E-state index is -4.36. The number of rotatable bonds is 3. The summed E-state index contributed by atoms with van der Waals surface area (Å²) in [7, 11) is 0. The van der Waals surface area contributed by atoms with Crippen LogP contribution < -0.4 is 11.3 Å². The van der Waals surface area contributed by atoms with Crippen molar-refractivity contribution in [1.82, 2.24) is 24.1 Å². The Kier molecular flexibility index (Phi) is 4.28. The highest BCUT2D eigenvalue weighted by Crippen LogP contribution is 2.57. The summed E-state index contributed by atoms with van der Waals surface area (Å²) in [6.45, 7) is 3.23. The molecule has 0 unspecified atom stereocenters. The summed E-state index contributed by atoms with van der Waals surface area (Å²) >= 11 is 0. The fourth-order valence-corrected chi connectivity index (χ4v) is 5.50. The lowest BCUT2D eigenvalue weighted by Gasteiger charge is -2.39. The van der Waals surface area contributed by atoms with Crippen molar-refractivity contribution < 1.29 is 18.3 Å². The predicted molar refractivity (Wildman–Crippen MR) is 123 cm³/mol. The Labute approximate surface area is 197 Å². The number of fused-ring (bicyclic) bond motifs is 2. The van der Waals surface area contributed by atoms with E-state index in [2.05, 4.69) is 10.1 Å². The average molecular weight is 484 g/mol. The molecule has 35 heavy (non-hydrogen) atoms. The molecule has 182 valence electrons. The molecule has 1 aromatic carbocycles. The van der Waals surface area contributed by atoms with E-state index in [0.29, 0.717) is 46.2 Å². The van der Waals surface area contributed by atoms with Gasteiger partial charge in [-0.3, -0.25) is 4.79 Å². The summed E-state index contributed by atoms with van der Waals surface area (Å²) in [5.41, 5.74) is 5.17. The number of hydrogen-bond donors (Lipinski definition) is 2. The number of nitrogens with two attached hydrogens (primary N) is 1. The summed E-state index contributed by atoms with van der Waals surface area (Å²) in [5.74, 6) is -0.722. The third kappa shape index (κ3) is 3.24. The number of benzene rings is 1. The van der Waals surface area contributed by atoms with Crippen molar-refractivity contribution in [3.05, 3.63) is 53.0 Å². The van der Waals surface area contributed by atoms with Gasteiger partial charge in [0.15, 0.2) is 5.82 Å². The van der Waals surface area contributed by atoms with Gasteiger partial charge in [0, 0.05) is 23.1 Å². The number of pyridine rings is 1. The molecule has 2 aliphatic carbocycles. The summed E-state index contributed by atoms with van der Waals surface area (Å²) in [6.07, 6.45) is -0.668. The smallest absolute Gasteiger partial charge is 0.390 e. The van der Waals surface area contributed by atoms with E-state index in [9.17, 15) is 23.1 Å². The quantitative estimate of drug-likeness (QED) is 0.460. The standard InChI is InChI=1S/C24H23F3N6O2/c1-22(35)8-14(9-22)20-31-17(18-19(28)29-11-30-33(18)20)13-4-3-12-5-6-32(21(34)15(12)7-13)23(2)10-16(23)24(25,26)27/h3-7,11,14,16,35H,8-10H2,1-2H3,(H2,28,29,30)/t14?,16-,22?,23+/m0/s1. The predicted octanol–water partition coefficient (Wildman–Crippen LogP) is 3.61. The van der Waals surface area contributed by atoms with Crippen LogP contribution in [0.15, 0.2) is 41.6 Å². The molecule has 3 heterocycles. The SMILES string of the molecule is CC1(O)CC(c2nc(-c3ccc4ccn([C@]5(C)C[C@@H]5C(F)(F)F)c(=O)c4c3)c3c(N)ncnn23)C1. The molecule has 3 aromatic heterocycles. The van der Waals surface area contributed by atoms with Gasteiger partial charge in [0.05, 0.1) is 17.1 Å². The fraction of sp³-hybridized carbons (Fsp3) is 0.417. The van der Waals surface area contributed by atoms with Crippen LogP contribution in [0.5, 0.6) is 0 Å². The Morgan fingerprint density at radius 2 is 1.91 bits per heavy atom. The van der Waals surface area contributed by atoms with Crippen LogP contribution in [0.1, 0.15) is 44.9 Å². The molecule has 2 saturated carbocycles. The van der Waals surface area contributed by atoms with E-state index < -0.39 is 28.8 Å². The van der Waals surface area contributed by atoms with E-state index in [1.807, 2.05) is 0 Å². The Bertz CT molecular complexity index is 1570. The minimum absolute atomic E-state index is 0.0210. The molecule has 2 fully saturated rings. The number of aliphatic hydroxyl groups is 1. The fourth-order valence-electron chi connectivity index (χ4n) is 5.50. The van der Waals surface area contributed by atoms with Crippen LogP contribution in [0.25, 0.3) is 27.5 Å². The van der Waals surface area contributed by atoms with E-state index in [1.54, 1.807) is 35.7 Å². The molecule has 0 saturated heterocycles. The van der Waals surface area contributed by atoms with Crippen molar-refractivity contribution in [2.45, 2.75) is 56.3 Å². The van der Waals surface area contributed by atoms with Crippen molar-refractivity contribution in [3.63, 3.8) is 0 Å². The molecule has 3 N–H and O–H groups in total. The topological polar surface area (TPSA) is 111 Å². The lowest BCUT2D eigenvalue weighted by atomic mass is 9.72.